The highest BCUT2D eigenvalue weighted by molar-refractivity contribution is 7.80. The van der Waals surface area contributed by atoms with E-state index >= 15 is 0 Å². The van der Waals surface area contributed by atoms with Crippen molar-refractivity contribution in [1.82, 2.24) is 10.6 Å². The van der Waals surface area contributed by atoms with E-state index < -0.39 is 24.3 Å². The van der Waals surface area contributed by atoms with Crippen LogP contribution >= 0.6 is 12.6 Å². The molecule has 0 aliphatic heterocycles. The fourth-order valence-electron chi connectivity index (χ4n) is 2.80. The smallest absolute Gasteiger partial charge is 0.407 e. The van der Waals surface area contributed by atoms with Crippen LogP contribution in [0.3, 0.4) is 0 Å². The van der Waals surface area contributed by atoms with Gasteiger partial charge in [-0.1, -0.05) is 38.7 Å². The lowest BCUT2D eigenvalue weighted by atomic mass is 10.1. The second-order valence-corrected chi connectivity index (χ2v) is 7.89. The number of amides is 2. The number of rotatable bonds is 22. The zero-order valence-corrected chi connectivity index (χ0v) is 21.3. The maximum Gasteiger partial charge on any atom is 0.407 e. The molecule has 0 radical (unpaired) electrons. The minimum absolute atomic E-state index is 0.0379. The van der Waals surface area contributed by atoms with Crippen LogP contribution in [0.5, 0.6) is 0 Å². The molecule has 1 unspecified atom stereocenters. The number of alkyl carbamates (subject to hydrolysis) is 2. The Bertz CT molecular complexity index is 551. The minimum atomic E-state index is -0.626. The number of carbonyl (C=O) groups is 3. The number of hydrogen-bond donors (Lipinski definition) is 3. The van der Waals surface area contributed by atoms with Gasteiger partial charge >= 0.3 is 18.2 Å². The molecule has 0 saturated heterocycles. The number of thiol groups is 1. The van der Waals surface area contributed by atoms with E-state index in [0.29, 0.717) is 19.6 Å². The fourth-order valence-corrected chi connectivity index (χ4v) is 3.02. The number of esters is 1. The molecule has 0 rings (SSSR count). The highest BCUT2D eigenvalue weighted by Crippen LogP contribution is 2.12. The Kier molecular flexibility index (Phi) is 22.7. The van der Waals surface area contributed by atoms with E-state index in [0.717, 1.165) is 37.5 Å². The molecule has 10 nitrogen and oxygen atoms in total. The van der Waals surface area contributed by atoms with Gasteiger partial charge < -0.3 is 34.3 Å². The van der Waals surface area contributed by atoms with Crippen molar-refractivity contribution < 1.29 is 38.1 Å². The largest absolute Gasteiger partial charge is 0.460 e. The summed E-state index contributed by atoms with van der Waals surface area (Å²) in [6.07, 6.45) is 7.70. The van der Waals surface area contributed by atoms with Crippen molar-refractivity contribution in [1.29, 1.82) is 0 Å². The molecule has 2 N–H and O–H groups in total. The second kappa shape index (κ2) is 24.2. The van der Waals surface area contributed by atoms with Gasteiger partial charge in [-0.25, -0.2) is 14.4 Å². The average molecular weight is 507 g/mol. The van der Waals surface area contributed by atoms with E-state index in [9.17, 15) is 14.4 Å². The molecule has 1 atom stereocenters. The van der Waals surface area contributed by atoms with Crippen molar-refractivity contribution in [2.24, 2.45) is 0 Å². The fraction of sp³-hybridized carbons (Fsp3) is 0.783. The molecular formula is C23H42N2O8S. The Morgan fingerprint density at radius 2 is 1.50 bits per heavy atom. The SMILES string of the molecule is C=CC(=O)OCCOCCNC(=O)OCC(CCCCCCCCCS)OC(=O)NCCOC. The van der Waals surface area contributed by atoms with Crippen LogP contribution in [-0.2, 0) is 28.5 Å². The molecule has 0 bridgehead atoms. The lowest BCUT2D eigenvalue weighted by Crippen LogP contribution is -2.35. The van der Waals surface area contributed by atoms with Crippen LogP contribution in [0.2, 0.25) is 0 Å². The summed E-state index contributed by atoms with van der Waals surface area (Å²) in [7, 11) is 1.55. The van der Waals surface area contributed by atoms with Gasteiger partial charge in [0.25, 0.3) is 0 Å². The van der Waals surface area contributed by atoms with Crippen LogP contribution in [0.1, 0.15) is 51.4 Å². The number of hydrogen-bond acceptors (Lipinski definition) is 9. The summed E-state index contributed by atoms with van der Waals surface area (Å²) < 4.78 is 25.5. The molecule has 2 amide bonds. The predicted octanol–water partition coefficient (Wildman–Crippen LogP) is 3.25. The predicted molar refractivity (Wildman–Crippen MR) is 132 cm³/mol. The lowest BCUT2D eigenvalue weighted by Gasteiger charge is -2.18. The van der Waals surface area contributed by atoms with Crippen LogP contribution < -0.4 is 10.6 Å². The summed E-state index contributed by atoms with van der Waals surface area (Å²) in [6, 6.07) is 0. The Hall–Kier alpha value is -1.98. The monoisotopic (exact) mass is 506 g/mol. The van der Waals surface area contributed by atoms with Gasteiger partial charge in [-0.05, 0) is 25.0 Å². The van der Waals surface area contributed by atoms with Gasteiger partial charge in [0.05, 0.1) is 19.8 Å². The summed E-state index contributed by atoms with van der Waals surface area (Å²) in [5.41, 5.74) is 0. The van der Waals surface area contributed by atoms with Crippen LogP contribution in [0.15, 0.2) is 12.7 Å². The summed E-state index contributed by atoms with van der Waals surface area (Å²) >= 11 is 4.22. The molecule has 198 valence electrons. The van der Waals surface area contributed by atoms with Crippen LogP contribution in [0.4, 0.5) is 9.59 Å². The second-order valence-electron chi connectivity index (χ2n) is 7.44. The van der Waals surface area contributed by atoms with E-state index in [1.54, 1.807) is 7.11 Å². The summed E-state index contributed by atoms with van der Waals surface area (Å²) in [5.74, 6) is 0.415. The molecule has 11 heteroatoms. The molecule has 0 saturated carbocycles. The van der Waals surface area contributed by atoms with Crippen molar-refractivity contribution in [3.8, 4) is 0 Å². The summed E-state index contributed by atoms with van der Waals surface area (Å²) in [5, 5.41) is 5.16. The third-order valence-corrected chi connectivity index (χ3v) is 4.90. The number of nitrogens with one attached hydrogen (secondary N) is 2. The molecule has 0 aliphatic rings. The van der Waals surface area contributed by atoms with E-state index in [4.69, 9.17) is 23.7 Å². The first-order valence-corrected chi connectivity index (χ1v) is 12.5. The Morgan fingerprint density at radius 3 is 2.18 bits per heavy atom. The first kappa shape index (κ1) is 32.0. The number of ether oxygens (including phenoxy) is 5. The Labute approximate surface area is 208 Å². The van der Waals surface area contributed by atoms with Gasteiger partial charge in [-0.3, -0.25) is 0 Å². The van der Waals surface area contributed by atoms with E-state index in [2.05, 4.69) is 29.8 Å². The van der Waals surface area contributed by atoms with Crippen LogP contribution in [0, 0.1) is 0 Å². The first-order valence-electron chi connectivity index (χ1n) is 11.8. The number of unbranched alkanes of at least 4 members (excludes halogenated alkanes) is 6. The third kappa shape index (κ3) is 21.8. The zero-order chi connectivity index (χ0) is 25.3. The highest BCUT2D eigenvalue weighted by atomic mass is 32.1. The average Bonchev–Trinajstić information content (AvgIpc) is 2.83. The first-order chi connectivity index (χ1) is 16.5. The maximum atomic E-state index is 12.0. The number of methoxy groups -OCH3 is 1. The molecule has 0 aromatic carbocycles. The summed E-state index contributed by atoms with van der Waals surface area (Å²) in [6.45, 7) is 4.74. The normalized spacial score (nSPS) is 11.4. The summed E-state index contributed by atoms with van der Waals surface area (Å²) in [4.78, 5) is 34.8. The highest BCUT2D eigenvalue weighted by Gasteiger charge is 2.16. The van der Waals surface area contributed by atoms with Gasteiger partial charge in [0.15, 0.2) is 0 Å². The van der Waals surface area contributed by atoms with Crippen molar-refractivity contribution >= 4 is 30.8 Å². The van der Waals surface area contributed by atoms with E-state index in [1.165, 1.54) is 19.3 Å². The van der Waals surface area contributed by atoms with Crippen LogP contribution in [0.25, 0.3) is 0 Å². The van der Waals surface area contributed by atoms with E-state index in [1.807, 2.05) is 0 Å². The minimum Gasteiger partial charge on any atom is -0.460 e. The Balaban J connectivity index is 4.13. The molecule has 0 heterocycles. The van der Waals surface area contributed by atoms with Crippen molar-refractivity contribution in [2.75, 3.05) is 59.0 Å². The molecule has 0 fully saturated rings. The standard InChI is InChI=1S/C23H42N2O8S/c1-3-21(26)31-17-16-30-15-13-24-22(27)32-19-20(33-23(28)25-12-14-29-2)11-9-7-5-4-6-8-10-18-34/h3,20,34H,1,4-19H2,2H3,(H,24,27)(H,25,28). The van der Waals surface area contributed by atoms with Crippen molar-refractivity contribution in [3.63, 3.8) is 0 Å². The van der Waals surface area contributed by atoms with Gasteiger partial charge in [-0.2, -0.15) is 12.6 Å². The zero-order valence-electron chi connectivity index (χ0n) is 20.4. The van der Waals surface area contributed by atoms with Gasteiger partial charge in [-0.15, -0.1) is 0 Å². The van der Waals surface area contributed by atoms with E-state index in [-0.39, 0.29) is 33.0 Å². The molecule has 34 heavy (non-hydrogen) atoms. The molecule has 0 aromatic heterocycles. The maximum absolute atomic E-state index is 12.0. The molecule has 0 aromatic rings. The molecular weight excluding hydrogens is 464 g/mol. The van der Waals surface area contributed by atoms with Gasteiger partial charge in [0.1, 0.15) is 19.3 Å². The quantitative estimate of drug-likeness (QED) is 0.0673. The van der Waals surface area contributed by atoms with Gasteiger partial charge in [0.2, 0.25) is 0 Å². The van der Waals surface area contributed by atoms with Crippen molar-refractivity contribution in [2.45, 2.75) is 57.5 Å². The van der Waals surface area contributed by atoms with Crippen molar-refractivity contribution in [3.05, 3.63) is 12.7 Å². The van der Waals surface area contributed by atoms with Gasteiger partial charge in [0, 0.05) is 26.3 Å². The topological polar surface area (TPSA) is 121 Å². The third-order valence-electron chi connectivity index (χ3n) is 4.59. The molecule has 0 spiro atoms. The molecule has 0 aliphatic carbocycles. The van der Waals surface area contributed by atoms with Crippen LogP contribution in [-0.4, -0.2) is 83.2 Å². The Morgan fingerprint density at radius 1 is 0.853 bits per heavy atom. The number of carbonyl (C=O) groups excluding carboxylic acids is 3. The lowest BCUT2D eigenvalue weighted by molar-refractivity contribution is -0.139.